The fourth-order valence-electron chi connectivity index (χ4n) is 3.13. The number of nitrogens with zero attached hydrogens (tertiary/aromatic N) is 4. The molecule has 2 aromatic rings. The molecule has 0 aliphatic carbocycles. The molecule has 0 bridgehead atoms. The molecule has 0 saturated carbocycles. The molecule has 3 heterocycles. The molecule has 6 nitrogen and oxygen atoms in total. The summed E-state index contributed by atoms with van der Waals surface area (Å²) in [5.41, 5.74) is 6.90. The monoisotopic (exact) mass is 333 g/mol. The minimum Gasteiger partial charge on any atom is -0.341 e. The van der Waals surface area contributed by atoms with Crippen molar-refractivity contribution >= 4 is 23.3 Å². The molecule has 2 aromatic heterocycles. The highest BCUT2D eigenvalue weighted by atomic mass is 32.2. The maximum absolute atomic E-state index is 12.5. The molecular formula is C16H23N5OS. The highest BCUT2D eigenvalue weighted by Gasteiger charge is 2.29. The van der Waals surface area contributed by atoms with Crippen LogP contribution in [0.3, 0.4) is 0 Å². The number of nitrogens with two attached hydrogens (primary N) is 1. The molecule has 0 aromatic carbocycles. The van der Waals surface area contributed by atoms with Crippen molar-refractivity contribution in [2.24, 2.45) is 5.73 Å². The highest BCUT2D eigenvalue weighted by Crippen LogP contribution is 2.26. The Balaban J connectivity index is 1.72. The van der Waals surface area contributed by atoms with Gasteiger partial charge in [0.15, 0.2) is 5.65 Å². The molecule has 3 rings (SSSR count). The second kappa shape index (κ2) is 7.31. The van der Waals surface area contributed by atoms with Gasteiger partial charge in [-0.15, -0.1) is 10.2 Å². The second-order valence-electron chi connectivity index (χ2n) is 6.00. The second-order valence-corrected chi connectivity index (χ2v) is 6.98. The average molecular weight is 333 g/mol. The number of piperidine rings is 1. The Labute approximate surface area is 140 Å². The zero-order chi connectivity index (χ0) is 16.2. The minimum atomic E-state index is -0.392. The lowest BCUT2D eigenvalue weighted by Gasteiger charge is -2.33. The molecule has 2 N–H and O–H groups in total. The summed E-state index contributed by atoms with van der Waals surface area (Å²) in [6.45, 7) is 1.47. The van der Waals surface area contributed by atoms with Crippen molar-refractivity contribution in [1.29, 1.82) is 0 Å². The standard InChI is InChI=1S/C16H23N5OS/c1-23-10-7-13(17)16(22)20-8-4-5-12(11-20)15-19-18-14-6-2-3-9-21(14)15/h2-3,6,9,12-13H,4-5,7-8,10-11,17H2,1H3. The van der Waals surface area contributed by atoms with Gasteiger partial charge in [0.2, 0.25) is 5.91 Å². The van der Waals surface area contributed by atoms with Crippen LogP contribution < -0.4 is 5.73 Å². The molecule has 124 valence electrons. The Hall–Kier alpha value is -1.60. The Bertz CT molecular complexity index is 673. The Morgan fingerprint density at radius 1 is 1.48 bits per heavy atom. The molecule has 1 fully saturated rings. The summed E-state index contributed by atoms with van der Waals surface area (Å²) in [6, 6.07) is 5.48. The number of thioether (sulfide) groups is 1. The van der Waals surface area contributed by atoms with Crippen molar-refractivity contribution in [3.63, 3.8) is 0 Å². The highest BCUT2D eigenvalue weighted by molar-refractivity contribution is 7.98. The van der Waals surface area contributed by atoms with Gasteiger partial charge in [-0.25, -0.2) is 0 Å². The third kappa shape index (κ3) is 3.50. The van der Waals surface area contributed by atoms with Crippen LogP contribution in [0.25, 0.3) is 5.65 Å². The van der Waals surface area contributed by atoms with Gasteiger partial charge in [0.25, 0.3) is 0 Å². The lowest BCUT2D eigenvalue weighted by Crippen LogP contribution is -2.48. The first kappa shape index (κ1) is 16.3. The molecule has 0 spiro atoms. The summed E-state index contributed by atoms with van der Waals surface area (Å²) in [5, 5.41) is 8.57. The van der Waals surface area contributed by atoms with E-state index in [1.807, 2.05) is 40.0 Å². The summed E-state index contributed by atoms with van der Waals surface area (Å²) < 4.78 is 2.02. The number of amides is 1. The van der Waals surface area contributed by atoms with Crippen molar-refractivity contribution in [2.45, 2.75) is 31.2 Å². The van der Waals surface area contributed by atoms with Crippen molar-refractivity contribution in [3.05, 3.63) is 30.2 Å². The van der Waals surface area contributed by atoms with Gasteiger partial charge in [-0.1, -0.05) is 6.07 Å². The topological polar surface area (TPSA) is 76.5 Å². The maximum atomic E-state index is 12.5. The van der Waals surface area contributed by atoms with Gasteiger partial charge < -0.3 is 10.6 Å². The summed E-state index contributed by atoms with van der Waals surface area (Å²) in [7, 11) is 0. The quantitative estimate of drug-likeness (QED) is 0.898. The van der Waals surface area contributed by atoms with E-state index in [1.165, 1.54) is 0 Å². The van der Waals surface area contributed by atoms with Crippen LogP contribution in [0.15, 0.2) is 24.4 Å². The lowest BCUT2D eigenvalue weighted by molar-refractivity contribution is -0.133. The van der Waals surface area contributed by atoms with E-state index in [2.05, 4.69) is 10.2 Å². The predicted molar refractivity (Wildman–Crippen MR) is 92.5 cm³/mol. The Kier molecular flexibility index (Phi) is 5.17. The van der Waals surface area contributed by atoms with Crippen LogP contribution in [-0.4, -0.2) is 56.5 Å². The molecule has 23 heavy (non-hydrogen) atoms. The Morgan fingerprint density at radius 3 is 3.17 bits per heavy atom. The maximum Gasteiger partial charge on any atom is 0.239 e. The van der Waals surface area contributed by atoms with Crippen LogP contribution >= 0.6 is 11.8 Å². The average Bonchev–Trinajstić information content (AvgIpc) is 3.03. The normalized spacial score (nSPS) is 19.9. The van der Waals surface area contributed by atoms with Crippen LogP contribution in [0.2, 0.25) is 0 Å². The number of aromatic nitrogens is 3. The third-order valence-electron chi connectivity index (χ3n) is 4.39. The van der Waals surface area contributed by atoms with Crippen LogP contribution in [0, 0.1) is 0 Å². The molecular weight excluding hydrogens is 310 g/mol. The van der Waals surface area contributed by atoms with Crippen LogP contribution in [0.1, 0.15) is 31.0 Å². The van der Waals surface area contributed by atoms with Crippen molar-refractivity contribution in [2.75, 3.05) is 25.1 Å². The number of carbonyl (C=O) groups is 1. The number of fused-ring (bicyclic) bond motifs is 1. The van der Waals surface area contributed by atoms with Crippen LogP contribution in [-0.2, 0) is 4.79 Å². The zero-order valence-corrected chi connectivity index (χ0v) is 14.2. The molecule has 7 heteroatoms. The van der Waals surface area contributed by atoms with Crippen molar-refractivity contribution in [1.82, 2.24) is 19.5 Å². The molecule has 0 radical (unpaired) electrons. The van der Waals surface area contributed by atoms with Crippen LogP contribution in [0.4, 0.5) is 0 Å². The fourth-order valence-corrected chi connectivity index (χ4v) is 3.62. The molecule has 2 atom stereocenters. The first-order valence-electron chi connectivity index (χ1n) is 8.03. The molecule has 1 amide bonds. The smallest absolute Gasteiger partial charge is 0.239 e. The van der Waals surface area contributed by atoms with Crippen molar-refractivity contribution in [3.8, 4) is 0 Å². The van der Waals surface area contributed by atoms with E-state index in [1.54, 1.807) is 11.8 Å². The van der Waals surface area contributed by atoms with E-state index in [4.69, 9.17) is 5.73 Å². The van der Waals surface area contributed by atoms with Gasteiger partial charge in [-0.2, -0.15) is 11.8 Å². The fraction of sp³-hybridized carbons (Fsp3) is 0.562. The van der Waals surface area contributed by atoms with Crippen LogP contribution in [0.5, 0.6) is 0 Å². The number of hydrogen-bond donors (Lipinski definition) is 1. The van der Waals surface area contributed by atoms with Gasteiger partial charge in [0.1, 0.15) is 5.82 Å². The molecule has 2 unspecified atom stereocenters. The first-order chi connectivity index (χ1) is 11.2. The van der Waals surface area contributed by atoms with E-state index in [0.29, 0.717) is 6.54 Å². The zero-order valence-electron chi connectivity index (χ0n) is 13.4. The largest absolute Gasteiger partial charge is 0.341 e. The summed E-state index contributed by atoms with van der Waals surface area (Å²) in [4.78, 5) is 14.4. The van der Waals surface area contributed by atoms with E-state index in [0.717, 1.165) is 43.0 Å². The number of pyridine rings is 1. The number of carbonyl (C=O) groups excluding carboxylic acids is 1. The van der Waals surface area contributed by atoms with Gasteiger partial charge in [-0.3, -0.25) is 9.20 Å². The van der Waals surface area contributed by atoms with Gasteiger partial charge in [0.05, 0.1) is 6.04 Å². The predicted octanol–water partition coefficient (Wildman–Crippen LogP) is 1.52. The van der Waals surface area contributed by atoms with Gasteiger partial charge in [0, 0.05) is 25.2 Å². The van der Waals surface area contributed by atoms with E-state index >= 15 is 0 Å². The summed E-state index contributed by atoms with van der Waals surface area (Å²) in [5.74, 6) is 2.14. The third-order valence-corrected chi connectivity index (χ3v) is 5.03. The SMILES string of the molecule is CSCCC(N)C(=O)N1CCCC(c2nnc3ccccn23)C1. The van der Waals surface area contributed by atoms with E-state index in [-0.39, 0.29) is 11.8 Å². The number of hydrogen-bond acceptors (Lipinski definition) is 5. The lowest BCUT2D eigenvalue weighted by atomic mass is 9.96. The molecule has 1 saturated heterocycles. The molecule has 1 aliphatic heterocycles. The first-order valence-corrected chi connectivity index (χ1v) is 9.43. The summed E-state index contributed by atoms with van der Waals surface area (Å²) >= 11 is 1.72. The summed E-state index contributed by atoms with van der Waals surface area (Å²) in [6.07, 6.45) is 6.75. The molecule has 1 aliphatic rings. The van der Waals surface area contributed by atoms with E-state index < -0.39 is 6.04 Å². The number of likely N-dealkylation sites (tertiary alicyclic amines) is 1. The van der Waals surface area contributed by atoms with E-state index in [9.17, 15) is 4.79 Å². The van der Waals surface area contributed by atoms with Gasteiger partial charge in [-0.05, 0) is 43.4 Å². The van der Waals surface area contributed by atoms with Gasteiger partial charge >= 0.3 is 0 Å². The Morgan fingerprint density at radius 2 is 2.35 bits per heavy atom. The number of rotatable bonds is 5. The van der Waals surface area contributed by atoms with Crippen molar-refractivity contribution < 1.29 is 4.79 Å². The minimum absolute atomic E-state index is 0.0672.